The average molecular weight is 228 g/mol. The number of rotatable bonds is 5. The van der Waals surface area contributed by atoms with Gasteiger partial charge in [-0.25, -0.2) is 8.78 Å². The molecule has 0 saturated heterocycles. The van der Waals surface area contributed by atoms with Crippen LogP contribution in [0.1, 0.15) is 23.8 Å². The fourth-order valence-electron chi connectivity index (χ4n) is 1.27. The Morgan fingerprint density at radius 3 is 2.62 bits per heavy atom. The van der Waals surface area contributed by atoms with E-state index in [1.165, 1.54) is 11.1 Å². The van der Waals surface area contributed by atoms with Crippen molar-refractivity contribution in [1.29, 1.82) is 0 Å². The van der Waals surface area contributed by atoms with Gasteiger partial charge in [0.15, 0.2) is 5.78 Å². The van der Waals surface area contributed by atoms with Gasteiger partial charge in [0.1, 0.15) is 5.69 Å². The number of nitrogens with zero attached hydrogens (tertiary/aromatic N) is 2. The van der Waals surface area contributed by atoms with Crippen LogP contribution in [0.15, 0.2) is 18.3 Å². The summed E-state index contributed by atoms with van der Waals surface area (Å²) in [4.78, 5) is 16.6. The van der Waals surface area contributed by atoms with E-state index in [0.717, 1.165) is 0 Å². The van der Waals surface area contributed by atoms with Crippen LogP contribution >= 0.6 is 0 Å². The standard InChI is InChI=1S/C11H14F2N2O/c1-3-10(16)9-5-4-8(6-14-9)15(2)7-11(12)13/h4-6,11H,3,7H2,1-2H3. The monoisotopic (exact) mass is 228 g/mol. The van der Waals surface area contributed by atoms with Crippen molar-refractivity contribution in [3.8, 4) is 0 Å². The molecular weight excluding hydrogens is 214 g/mol. The van der Waals surface area contributed by atoms with E-state index in [4.69, 9.17) is 0 Å². The first-order valence-electron chi connectivity index (χ1n) is 5.03. The molecule has 5 heteroatoms. The number of Topliss-reactive ketones (excluding diaryl/α,β-unsaturated/α-hetero) is 1. The van der Waals surface area contributed by atoms with E-state index in [9.17, 15) is 13.6 Å². The van der Waals surface area contributed by atoms with Crippen molar-refractivity contribution in [2.75, 3.05) is 18.5 Å². The third kappa shape index (κ3) is 3.25. The summed E-state index contributed by atoms with van der Waals surface area (Å²) in [6.07, 6.45) is -0.563. The van der Waals surface area contributed by atoms with E-state index in [-0.39, 0.29) is 12.3 Å². The molecule has 88 valence electrons. The first kappa shape index (κ1) is 12.5. The number of hydrogen-bond donors (Lipinski definition) is 0. The number of carbonyl (C=O) groups excluding carboxylic acids is 1. The molecular formula is C11H14F2N2O. The van der Waals surface area contributed by atoms with Crippen molar-refractivity contribution in [2.24, 2.45) is 0 Å². The second kappa shape index (κ2) is 5.53. The van der Waals surface area contributed by atoms with Gasteiger partial charge in [-0.05, 0) is 12.1 Å². The molecule has 1 heterocycles. The third-order valence-electron chi connectivity index (χ3n) is 2.21. The lowest BCUT2D eigenvalue weighted by Crippen LogP contribution is -2.24. The van der Waals surface area contributed by atoms with Crippen LogP contribution < -0.4 is 4.90 Å². The highest BCUT2D eigenvalue weighted by molar-refractivity contribution is 5.94. The normalized spacial score (nSPS) is 10.6. The Labute approximate surface area is 93.1 Å². The number of hydrogen-bond acceptors (Lipinski definition) is 3. The van der Waals surface area contributed by atoms with Gasteiger partial charge in [-0.1, -0.05) is 6.92 Å². The van der Waals surface area contributed by atoms with E-state index in [0.29, 0.717) is 17.8 Å². The molecule has 0 unspecified atom stereocenters. The second-order valence-electron chi connectivity index (χ2n) is 3.45. The Morgan fingerprint density at radius 1 is 1.50 bits per heavy atom. The maximum absolute atomic E-state index is 12.1. The van der Waals surface area contributed by atoms with Gasteiger partial charge < -0.3 is 4.90 Å². The number of carbonyl (C=O) groups is 1. The van der Waals surface area contributed by atoms with Crippen LogP contribution in [0.2, 0.25) is 0 Å². The summed E-state index contributed by atoms with van der Waals surface area (Å²) in [6.45, 7) is 1.41. The van der Waals surface area contributed by atoms with Gasteiger partial charge in [0.2, 0.25) is 0 Å². The number of ketones is 1. The van der Waals surface area contributed by atoms with Crippen LogP contribution in [0, 0.1) is 0 Å². The molecule has 0 saturated carbocycles. The van der Waals surface area contributed by atoms with Gasteiger partial charge in [-0.2, -0.15) is 0 Å². The van der Waals surface area contributed by atoms with Crippen molar-refractivity contribution in [2.45, 2.75) is 19.8 Å². The topological polar surface area (TPSA) is 33.2 Å². The molecule has 0 aliphatic heterocycles. The van der Waals surface area contributed by atoms with Crippen LogP contribution in [0.5, 0.6) is 0 Å². The maximum Gasteiger partial charge on any atom is 0.255 e. The van der Waals surface area contributed by atoms with Gasteiger partial charge in [0, 0.05) is 13.5 Å². The number of pyridine rings is 1. The summed E-state index contributed by atoms with van der Waals surface area (Å²) in [5.41, 5.74) is 0.949. The van der Waals surface area contributed by atoms with Gasteiger partial charge in [0.25, 0.3) is 6.43 Å². The molecule has 0 aliphatic carbocycles. The summed E-state index contributed by atoms with van der Waals surface area (Å²) in [5, 5.41) is 0. The lowest BCUT2D eigenvalue weighted by Gasteiger charge is -2.18. The Hall–Kier alpha value is -1.52. The molecule has 0 radical (unpaired) electrons. The van der Waals surface area contributed by atoms with E-state index < -0.39 is 6.43 Å². The van der Waals surface area contributed by atoms with Crippen LogP contribution in [0.3, 0.4) is 0 Å². The number of alkyl halides is 2. The summed E-state index contributed by atoms with van der Waals surface area (Å²) < 4.78 is 24.2. The quantitative estimate of drug-likeness (QED) is 0.725. The first-order chi connectivity index (χ1) is 7.54. The van der Waals surface area contributed by atoms with Crippen LogP contribution in [-0.4, -0.2) is 30.8 Å². The van der Waals surface area contributed by atoms with Gasteiger partial charge in [0.05, 0.1) is 18.4 Å². The zero-order valence-electron chi connectivity index (χ0n) is 9.28. The molecule has 0 aliphatic rings. The van der Waals surface area contributed by atoms with Crippen molar-refractivity contribution in [1.82, 2.24) is 4.98 Å². The molecule has 3 nitrogen and oxygen atoms in total. The molecule has 0 atom stereocenters. The molecule has 0 spiro atoms. The lowest BCUT2D eigenvalue weighted by atomic mass is 10.2. The largest absolute Gasteiger partial charge is 0.368 e. The Kier molecular flexibility index (Phi) is 4.34. The van der Waals surface area contributed by atoms with Crippen molar-refractivity contribution in [3.63, 3.8) is 0 Å². The highest BCUT2D eigenvalue weighted by atomic mass is 19.3. The van der Waals surface area contributed by atoms with E-state index in [1.54, 1.807) is 26.1 Å². The van der Waals surface area contributed by atoms with Gasteiger partial charge >= 0.3 is 0 Å². The smallest absolute Gasteiger partial charge is 0.255 e. The second-order valence-corrected chi connectivity index (χ2v) is 3.45. The SMILES string of the molecule is CCC(=O)c1ccc(N(C)CC(F)F)cn1. The molecule has 16 heavy (non-hydrogen) atoms. The molecule has 0 N–H and O–H groups in total. The van der Waals surface area contributed by atoms with Crippen LogP contribution in [0.4, 0.5) is 14.5 Å². The summed E-state index contributed by atoms with van der Waals surface area (Å²) in [7, 11) is 1.56. The molecule has 0 amide bonds. The van der Waals surface area contributed by atoms with Crippen molar-refractivity contribution in [3.05, 3.63) is 24.0 Å². The predicted octanol–water partition coefficient (Wildman–Crippen LogP) is 2.38. The van der Waals surface area contributed by atoms with Gasteiger partial charge in [-0.3, -0.25) is 9.78 Å². The van der Waals surface area contributed by atoms with E-state index >= 15 is 0 Å². The number of anilines is 1. The minimum absolute atomic E-state index is 0.0527. The lowest BCUT2D eigenvalue weighted by molar-refractivity contribution is 0.0983. The Balaban J connectivity index is 2.74. The first-order valence-corrected chi connectivity index (χ1v) is 5.03. The Bertz CT molecular complexity index is 352. The van der Waals surface area contributed by atoms with Crippen LogP contribution in [0.25, 0.3) is 0 Å². The van der Waals surface area contributed by atoms with Gasteiger partial charge in [-0.15, -0.1) is 0 Å². The molecule has 0 fully saturated rings. The zero-order chi connectivity index (χ0) is 12.1. The fraction of sp³-hybridized carbons (Fsp3) is 0.455. The molecule has 0 bridgehead atoms. The number of halogens is 2. The zero-order valence-corrected chi connectivity index (χ0v) is 9.28. The molecule has 1 aromatic heterocycles. The average Bonchev–Trinajstić information content (AvgIpc) is 2.27. The molecule has 1 aromatic rings. The number of aromatic nitrogens is 1. The van der Waals surface area contributed by atoms with Crippen molar-refractivity contribution >= 4 is 11.5 Å². The minimum atomic E-state index is -2.39. The molecule has 0 aromatic carbocycles. The summed E-state index contributed by atoms with van der Waals surface area (Å²) in [5.74, 6) is -0.0527. The Morgan fingerprint density at radius 2 is 2.19 bits per heavy atom. The van der Waals surface area contributed by atoms with E-state index in [2.05, 4.69) is 4.98 Å². The van der Waals surface area contributed by atoms with Crippen molar-refractivity contribution < 1.29 is 13.6 Å². The predicted molar refractivity (Wildman–Crippen MR) is 58.1 cm³/mol. The summed E-state index contributed by atoms with van der Waals surface area (Å²) in [6, 6.07) is 3.18. The third-order valence-corrected chi connectivity index (χ3v) is 2.21. The fourth-order valence-corrected chi connectivity index (χ4v) is 1.27. The minimum Gasteiger partial charge on any atom is -0.368 e. The van der Waals surface area contributed by atoms with E-state index in [1.807, 2.05) is 0 Å². The highest BCUT2D eigenvalue weighted by Gasteiger charge is 2.10. The maximum atomic E-state index is 12.1. The molecule has 1 rings (SSSR count). The summed E-state index contributed by atoms with van der Waals surface area (Å²) >= 11 is 0. The highest BCUT2D eigenvalue weighted by Crippen LogP contribution is 2.13. The van der Waals surface area contributed by atoms with Crippen LogP contribution in [-0.2, 0) is 0 Å².